The number of ether oxygens (including phenoxy) is 1. The van der Waals surface area contributed by atoms with Gasteiger partial charge in [-0.15, -0.1) is 0 Å². The quantitative estimate of drug-likeness (QED) is 0.520. The van der Waals surface area contributed by atoms with E-state index >= 15 is 0 Å². The van der Waals surface area contributed by atoms with E-state index in [0.29, 0.717) is 13.0 Å². The molecule has 19 heavy (non-hydrogen) atoms. The van der Waals surface area contributed by atoms with Gasteiger partial charge in [-0.25, -0.2) is 4.79 Å². The second kappa shape index (κ2) is 8.35. The van der Waals surface area contributed by atoms with Crippen molar-refractivity contribution in [2.75, 3.05) is 6.54 Å². The van der Waals surface area contributed by atoms with Crippen molar-refractivity contribution >= 4 is 6.09 Å². The van der Waals surface area contributed by atoms with Gasteiger partial charge in [0.15, 0.2) is 0 Å². The first-order valence-electron chi connectivity index (χ1n) is 6.80. The Labute approximate surface area is 115 Å². The minimum atomic E-state index is -1.08. The fourth-order valence-electron chi connectivity index (χ4n) is 1.65. The Morgan fingerprint density at radius 3 is 2.26 bits per heavy atom. The molecule has 0 heterocycles. The first-order valence-corrected chi connectivity index (χ1v) is 6.80. The number of likely N-dealkylation sites (N-methyl/N-ethyl adjacent to an activating group) is 1. The van der Waals surface area contributed by atoms with Gasteiger partial charge < -0.3 is 20.3 Å². The molecule has 0 rings (SSSR count). The molecule has 0 aliphatic rings. The van der Waals surface area contributed by atoms with Gasteiger partial charge in [-0.1, -0.05) is 20.3 Å². The lowest BCUT2D eigenvalue weighted by Gasteiger charge is -2.29. The summed E-state index contributed by atoms with van der Waals surface area (Å²) in [4.78, 5) is 11.7. The van der Waals surface area contributed by atoms with Gasteiger partial charge in [-0.2, -0.15) is 0 Å². The molecule has 1 amide bonds. The highest BCUT2D eigenvalue weighted by molar-refractivity contribution is 5.68. The summed E-state index contributed by atoms with van der Waals surface area (Å²) in [6, 6.07) is -0.547. The van der Waals surface area contributed by atoms with E-state index in [1.807, 2.05) is 13.8 Å². The molecule has 0 aromatic heterocycles. The van der Waals surface area contributed by atoms with Crippen LogP contribution >= 0.6 is 0 Å². The molecule has 6 heteroatoms. The number of aliphatic hydroxyl groups excluding tert-OH is 2. The second-order valence-electron chi connectivity index (χ2n) is 5.53. The highest BCUT2D eigenvalue weighted by Gasteiger charge is 2.28. The van der Waals surface area contributed by atoms with Crippen molar-refractivity contribution in [2.24, 2.45) is 0 Å². The van der Waals surface area contributed by atoms with E-state index in [4.69, 9.17) is 4.74 Å². The van der Waals surface area contributed by atoms with Gasteiger partial charge in [0.25, 0.3) is 0 Å². The molecular formula is C13H28N2O4. The average molecular weight is 276 g/mol. The van der Waals surface area contributed by atoms with Crippen molar-refractivity contribution in [3.8, 4) is 0 Å². The molecule has 6 nitrogen and oxygen atoms in total. The fraction of sp³-hybridized carbons (Fsp3) is 0.923. The Bertz CT molecular complexity index is 266. The summed E-state index contributed by atoms with van der Waals surface area (Å²) in [6.45, 7) is 9.60. The third-order valence-electron chi connectivity index (χ3n) is 2.45. The Morgan fingerprint density at radius 1 is 1.26 bits per heavy atom. The van der Waals surface area contributed by atoms with E-state index in [2.05, 4.69) is 10.6 Å². The van der Waals surface area contributed by atoms with Crippen LogP contribution in [0.5, 0.6) is 0 Å². The largest absolute Gasteiger partial charge is 0.444 e. The summed E-state index contributed by atoms with van der Waals surface area (Å²) in [5.74, 6) is 0. The zero-order chi connectivity index (χ0) is 15.1. The van der Waals surface area contributed by atoms with Crippen LogP contribution in [0.25, 0.3) is 0 Å². The highest BCUT2D eigenvalue weighted by atomic mass is 16.6. The standard InChI is InChI=1S/C13H28N2O4/c1-6-8-9(10(16)11(17)14-7-2)15-12(18)19-13(3,4)5/h9-11,14,16-17H,6-8H2,1-5H3,(H,15,18)/t9?,10?,11-/m0/s1. The maximum atomic E-state index is 11.7. The molecule has 114 valence electrons. The monoisotopic (exact) mass is 276 g/mol. The molecule has 0 aliphatic heterocycles. The van der Waals surface area contributed by atoms with Crippen molar-refractivity contribution in [3.05, 3.63) is 0 Å². The summed E-state index contributed by atoms with van der Waals surface area (Å²) in [5.41, 5.74) is -0.591. The first kappa shape index (κ1) is 18.1. The minimum absolute atomic E-state index is 0.531. The van der Waals surface area contributed by atoms with Crippen LogP contribution in [-0.4, -0.2) is 46.8 Å². The zero-order valence-electron chi connectivity index (χ0n) is 12.6. The number of hydrogen-bond acceptors (Lipinski definition) is 5. The number of carbonyl (C=O) groups excluding carboxylic acids is 1. The number of aliphatic hydroxyl groups is 2. The highest BCUT2D eigenvalue weighted by Crippen LogP contribution is 2.10. The molecule has 4 N–H and O–H groups in total. The summed E-state index contributed by atoms with van der Waals surface area (Å²) in [5, 5.41) is 25.0. The van der Waals surface area contributed by atoms with Gasteiger partial charge in [-0.05, 0) is 33.7 Å². The average Bonchev–Trinajstić information content (AvgIpc) is 2.25. The SMILES string of the molecule is CCCC(NC(=O)OC(C)(C)C)C(O)[C@H](O)NCC. The van der Waals surface area contributed by atoms with E-state index in [1.165, 1.54) is 0 Å². The predicted molar refractivity (Wildman–Crippen MR) is 73.8 cm³/mol. The van der Waals surface area contributed by atoms with Gasteiger partial charge in [-0.3, -0.25) is 5.32 Å². The van der Waals surface area contributed by atoms with Crippen molar-refractivity contribution in [1.29, 1.82) is 0 Å². The normalized spacial score (nSPS) is 16.6. The first-order chi connectivity index (χ1) is 8.71. The topological polar surface area (TPSA) is 90.8 Å². The van der Waals surface area contributed by atoms with Crippen LogP contribution in [0, 0.1) is 0 Å². The number of rotatable bonds is 7. The molecule has 2 unspecified atom stereocenters. The lowest BCUT2D eigenvalue weighted by molar-refractivity contribution is -0.0261. The van der Waals surface area contributed by atoms with E-state index in [0.717, 1.165) is 6.42 Å². The molecule has 0 aliphatic carbocycles. The van der Waals surface area contributed by atoms with Crippen LogP contribution in [0.1, 0.15) is 47.5 Å². The molecule has 0 spiro atoms. The second-order valence-corrected chi connectivity index (χ2v) is 5.53. The fourth-order valence-corrected chi connectivity index (χ4v) is 1.65. The van der Waals surface area contributed by atoms with Crippen LogP contribution < -0.4 is 10.6 Å². The number of alkyl carbamates (subject to hydrolysis) is 1. The summed E-state index contributed by atoms with van der Waals surface area (Å²) >= 11 is 0. The summed E-state index contributed by atoms with van der Waals surface area (Å²) in [7, 11) is 0. The van der Waals surface area contributed by atoms with Crippen molar-refractivity contribution in [2.45, 2.75) is 71.4 Å². The van der Waals surface area contributed by atoms with Gasteiger partial charge in [0.05, 0.1) is 6.04 Å². The van der Waals surface area contributed by atoms with E-state index in [-0.39, 0.29) is 0 Å². The van der Waals surface area contributed by atoms with E-state index < -0.39 is 30.1 Å². The molecule has 0 aromatic carbocycles. The van der Waals surface area contributed by atoms with E-state index in [1.54, 1.807) is 20.8 Å². The van der Waals surface area contributed by atoms with Crippen molar-refractivity contribution in [3.63, 3.8) is 0 Å². The lowest BCUT2D eigenvalue weighted by atomic mass is 10.0. The minimum Gasteiger partial charge on any atom is -0.444 e. The van der Waals surface area contributed by atoms with Crippen LogP contribution in [0.2, 0.25) is 0 Å². The van der Waals surface area contributed by atoms with E-state index in [9.17, 15) is 15.0 Å². The number of nitrogens with one attached hydrogen (secondary N) is 2. The number of hydrogen-bond donors (Lipinski definition) is 4. The Morgan fingerprint density at radius 2 is 1.84 bits per heavy atom. The zero-order valence-corrected chi connectivity index (χ0v) is 12.6. The van der Waals surface area contributed by atoms with Gasteiger partial charge in [0.2, 0.25) is 0 Å². The molecule has 0 fully saturated rings. The molecule has 0 bridgehead atoms. The molecule has 0 saturated heterocycles. The third kappa shape index (κ3) is 8.02. The van der Waals surface area contributed by atoms with Crippen molar-refractivity contribution in [1.82, 2.24) is 10.6 Å². The number of carbonyl (C=O) groups is 1. The van der Waals surface area contributed by atoms with Gasteiger partial charge in [0.1, 0.15) is 17.9 Å². The third-order valence-corrected chi connectivity index (χ3v) is 2.45. The summed E-state index contributed by atoms with van der Waals surface area (Å²) in [6.07, 6.45) is -1.41. The molecular weight excluding hydrogens is 248 g/mol. The van der Waals surface area contributed by atoms with Gasteiger partial charge >= 0.3 is 6.09 Å². The van der Waals surface area contributed by atoms with Crippen LogP contribution in [0.15, 0.2) is 0 Å². The maximum absolute atomic E-state index is 11.7. The molecule has 0 aromatic rings. The van der Waals surface area contributed by atoms with Crippen LogP contribution in [-0.2, 0) is 4.74 Å². The number of amides is 1. The summed E-state index contributed by atoms with van der Waals surface area (Å²) < 4.78 is 5.14. The Balaban J connectivity index is 4.51. The maximum Gasteiger partial charge on any atom is 0.407 e. The smallest absolute Gasteiger partial charge is 0.407 e. The van der Waals surface area contributed by atoms with Crippen molar-refractivity contribution < 1.29 is 19.7 Å². The lowest BCUT2D eigenvalue weighted by Crippen LogP contribution is -2.53. The molecule has 3 atom stereocenters. The Kier molecular flexibility index (Phi) is 7.97. The molecule has 0 radical (unpaired) electrons. The van der Waals surface area contributed by atoms with Crippen LogP contribution in [0.4, 0.5) is 4.79 Å². The molecule has 0 saturated carbocycles. The van der Waals surface area contributed by atoms with Crippen LogP contribution in [0.3, 0.4) is 0 Å². The van der Waals surface area contributed by atoms with Gasteiger partial charge in [0, 0.05) is 0 Å². The predicted octanol–water partition coefficient (Wildman–Crippen LogP) is 0.969. The Hall–Kier alpha value is -0.850.